The Balaban J connectivity index is 2.24. The first-order chi connectivity index (χ1) is 8.67. The first kappa shape index (κ1) is 11.7. The van der Waals surface area contributed by atoms with Crippen LogP contribution in [-0.4, -0.2) is 9.97 Å². The van der Waals surface area contributed by atoms with Gasteiger partial charge in [0.1, 0.15) is 4.83 Å². The van der Waals surface area contributed by atoms with Crippen LogP contribution in [0.1, 0.15) is 17.5 Å². The number of hydrogen-bond acceptors (Lipinski definition) is 4. The van der Waals surface area contributed by atoms with Crippen LogP contribution in [0.5, 0.6) is 0 Å². The first-order valence-corrected chi connectivity index (χ1v) is 6.89. The van der Waals surface area contributed by atoms with E-state index in [1.165, 1.54) is 4.88 Å². The van der Waals surface area contributed by atoms with Gasteiger partial charge in [-0.25, -0.2) is 9.97 Å². The summed E-state index contributed by atoms with van der Waals surface area (Å²) in [6.45, 7) is 4.17. The number of furan rings is 1. The van der Waals surface area contributed by atoms with Gasteiger partial charge < -0.3 is 4.42 Å². The van der Waals surface area contributed by atoms with Gasteiger partial charge in [0.15, 0.2) is 16.8 Å². The summed E-state index contributed by atoms with van der Waals surface area (Å²) >= 11 is 7.46. The molecule has 5 heteroatoms. The Hall–Kier alpha value is -1.39. The summed E-state index contributed by atoms with van der Waals surface area (Å²) in [4.78, 5) is 11.3. The van der Waals surface area contributed by atoms with E-state index in [0.29, 0.717) is 16.8 Å². The minimum Gasteiger partial charge on any atom is -0.441 e. The van der Waals surface area contributed by atoms with E-state index >= 15 is 0 Å². The van der Waals surface area contributed by atoms with Crippen LogP contribution in [0, 0.1) is 6.92 Å². The van der Waals surface area contributed by atoms with E-state index in [0.717, 1.165) is 22.3 Å². The standard InChI is InChI=1S/C13H11ClN2OS/c1-3-9-8-6-7(2)18-13(8)16-12(15-9)10-4-5-11(14)17-10/h4-6H,3H2,1-2H3. The highest BCUT2D eigenvalue weighted by Crippen LogP contribution is 2.29. The molecular formula is C13H11ClN2OS. The van der Waals surface area contributed by atoms with E-state index in [1.54, 1.807) is 23.5 Å². The molecule has 0 bridgehead atoms. The molecule has 0 amide bonds. The summed E-state index contributed by atoms with van der Waals surface area (Å²) in [6.07, 6.45) is 0.872. The molecule has 0 saturated carbocycles. The predicted molar refractivity (Wildman–Crippen MR) is 74.2 cm³/mol. The maximum absolute atomic E-state index is 5.79. The summed E-state index contributed by atoms with van der Waals surface area (Å²) in [7, 11) is 0. The van der Waals surface area contributed by atoms with Crippen molar-refractivity contribution in [1.29, 1.82) is 0 Å². The van der Waals surface area contributed by atoms with Crippen molar-refractivity contribution in [3.63, 3.8) is 0 Å². The van der Waals surface area contributed by atoms with Crippen LogP contribution in [0.4, 0.5) is 0 Å². The number of nitrogens with zero attached hydrogens (tertiary/aromatic N) is 2. The Bertz CT molecular complexity index is 717. The largest absolute Gasteiger partial charge is 0.441 e. The van der Waals surface area contributed by atoms with Gasteiger partial charge in [0, 0.05) is 10.3 Å². The third-order valence-corrected chi connectivity index (χ3v) is 3.87. The zero-order valence-corrected chi connectivity index (χ0v) is 11.6. The summed E-state index contributed by atoms with van der Waals surface area (Å²) in [5.74, 6) is 1.22. The first-order valence-electron chi connectivity index (χ1n) is 5.70. The molecule has 92 valence electrons. The second kappa shape index (κ2) is 4.37. The van der Waals surface area contributed by atoms with Gasteiger partial charge in [0.2, 0.25) is 0 Å². The van der Waals surface area contributed by atoms with Crippen molar-refractivity contribution in [2.24, 2.45) is 0 Å². The van der Waals surface area contributed by atoms with Crippen LogP contribution in [0.2, 0.25) is 5.22 Å². The minimum absolute atomic E-state index is 0.356. The summed E-state index contributed by atoms with van der Waals surface area (Å²) in [6, 6.07) is 5.64. The SMILES string of the molecule is CCc1nc(-c2ccc(Cl)o2)nc2sc(C)cc12. The van der Waals surface area contributed by atoms with Gasteiger partial charge in [-0.3, -0.25) is 0 Å². The smallest absolute Gasteiger partial charge is 0.197 e. The fourth-order valence-electron chi connectivity index (χ4n) is 1.92. The van der Waals surface area contributed by atoms with Crippen molar-refractivity contribution in [1.82, 2.24) is 9.97 Å². The molecule has 3 rings (SSSR count). The molecule has 0 unspecified atom stereocenters. The number of aryl methyl sites for hydroxylation is 2. The average Bonchev–Trinajstić information content (AvgIpc) is 2.92. The summed E-state index contributed by atoms with van der Waals surface area (Å²) < 4.78 is 5.37. The van der Waals surface area contributed by atoms with Gasteiger partial charge in [-0.2, -0.15) is 0 Å². The van der Waals surface area contributed by atoms with Crippen LogP contribution >= 0.6 is 22.9 Å². The molecule has 3 aromatic rings. The number of rotatable bonds is 2. The average molecular weight is 279 g/mol. The van der Waals surface area contributed by atoms with Crippen LogP contribution in [0.15, 0.2) is 22.6 Å². The highest BCUT2D eigenvalue weighted by Gasteiger charge is 2.13. The zero-order valence-electron chi connectivity index (χ0n) is 10.0. The maximum atomic E-state index is 5.79. The van der Waals surface area contributed by atoms with Gasteiger partial charge in [-0.1, -0.05) is 6.92 Å². The number of fused-ring (bicyclic) bond motifs is 1. The Morgan fingerprint density at radius 1 is 1.33 bits per heavy atom. The maximum Gasteiger partial charge on any atom is 0.197 e. The second-order valence-electron chi connectivity index (χ2n) is 4.03. The van der Waals surface area contributed by atoms with E-state index in [4.69, 9.17) is 16.0 Å². The van der Waals surface area contributed by atoms with Gasteiger partial charge in [-0.05, 0) is 43.1 Å². The number of hydrogen-bond donors (Lipinski definition) is 0. The lowest BCUT2D eigenvalue weighted by Gasteiger charge is -2.01. The molecule has 0 aromatic carbocycles. The Kier molecular flexibility index (Phi) is 2.84. The van der Waals surface area contributed by atoms with Gasteiger partial charge in [0.05, 0.1) is 5.69 Å². The van der Waals surface area contributed by atoms with Crippen LogP contribution < -0.4 is 0 Å². The molecule has 0 N–H and O–H groups in total. The molecule has 0 saturated heterocycles. The molecule has 0 spiro atoms. The van der Waals surface area contributed by atoms with Crippen LogP contribution in [0.25, 0.3) is 21.8 Å². The molecule has 3 aromatic heterocycles. The molecular weight excluding hydrogens is 268 g/mol. The highest BCUT2D eigenvalue weighted by molar-refractivity contribution is 7.18. The lowest BCUT2D eigenvalue weighted by atomic mass is 10.2. The number of aromatic nitrogens is 2. The second-order valence-corrected chi connectivity index (χ2v) is 5.63. The van der Waals surface area contributed by atoms with Gasteiger partial charge >= 0.3 is 0 Å². The lowest BCUT2D eigenvalue weighted by Crippen LogP contribution is -1.94. The van der Waals surface area contributed by atoms with E-state index < -0.39 is 0 Å². The topological polar surface area (TPSA) is 38.9 Å². The monoisotopic (exact) mass is 278 g/mol. The summed E-state index contributed by atoms with van der Waals surface area (Å²) in [5, 5.41) is 1.50. The van der Waals surface area contributed by atoms with E-state index in [1.807, 2.05) is 0 Å². The van der Waals surface area contributed by atoms with E-state index in [-0.39, 0.29) is 0 Å². The van der Waals surface area contributed by atoms with Gasteiger partial charge in [0.25, 0.3) is 0 Å². The van der Waals surface area contributed by atoms with Crippen LogP contribution in [-0.2, 0) is 6.42 Å². The minimum atomic E-state index is 0.356. The normalized spacial score (nSPS) is 11.3. The molecule has 0 atom stereocenters. The molecule has 0 fully saturated rings. The van der Waals surface area contributed by atoms with Crippen molar-refractivity contribution in [3.05, 3.63) is 34.0 Å². The Morgan fingerprint density at radius 2 is 2.17 bits per heavy atom. The molecule has 3 heterocycles. The van der Waals surface area contributed by atoms with Crippen molar-refractivity contribution < 1.29 is 4.42 Å². The molecule has 0 aliphatic heterocycles. The Morgan fingerprint density at radius 3 is 2.83 bits per heavy atom. The quantitative estimate of drug-likeness (QED) is 0.694. The predicted octanol–water partition coefficient (Wildman–Crippen LogP) is 4.48. The molecule has 0 radical (unpaired) electrons. The molecule has 18 heavy (non-hydrogen) atoms. The van der Waals surface area contributed by atoms with Crippen molar-refractivity contribution >= 4 is 33.2 Å². The zero-order chi connectivity index (χ0) is 12.7. The van der Waals surface area contributed by atoms with E-state index in [9.17, 15) is 0 Å². The third kappa shape index (κ3) is 1.91. The molecule has 3 nitrogen and oxygen atoms in total. The highest BCUT2D eigenvalue weighted by atomic mass is 35.5. The number of halogens is 1. The van der Waals surface area contributed by atoms with Crippen molar-refractivity contribution in [2.75, 3.05) is 0 Å². The fourth-order valence-corrected chi connectivity index (χ4v) is 2.96. The fraction of sp³-hybridized carbons (Fsp3) is 0.231. The van der Waals surface area contributed by atoms with E-state index in [2.05, 4.69) is 29.9 Å². The molecule has 0 aliphatic carbocycles. The van der Waals surface area contributed by atoms with Gasteiger partial charge in [-0.15, -0.1) is 11.3 Å². The lowest BCUT2D eigenvalue weighted by molar-refractivity contribution is 0.579. The third-order valence-electron chi connectivity index (χ3n) is 2.72. The van der Waals surface area contributed by atoms with Crippen molar-refractivity contribution in [3.8, 4) is 11.6 Å². The number of thiophene rings is 1. The Labute approximate surface area is 113 Å². The van der Waals surface area contributed by atoms with Crippen molar-refractivity contribution in [2.45, 2.75) is 20.3 Å². The van der Waals surface area contributed by atoms with Crippen LogP contribution in [0.3, 0.4) is 0 Å². The molecule has 0 aliphatic rings. The summed E-state index contributed by atoms with van der Waals surface area (Å²) in [5.41, 5.74) is 1.05.